The third-order valence-electron chi connectivity index (χ3n) is 3.76. The van der Waals surface area contributed by atoms with Crippen molar-refractivity contribution in [3.05, 3.63) is 60.4 Å². The Labute approximate surface area is 152 Å². The summed E-state index contributed by atoms with van der Waals surface area (Å²) in [6.07, 6.45) is 4.03. The SMILES string of the molecule is CCOc1ncccc1C(=O)NCCCOc1cccc2cccnc12. The number of pyridine rings is 2. The van der Waals surface area contributed by atoms with Crippen molar-refractivity contribution in [3.63, 3.8) is 0 Å². The van der Waals surface area contributed by atoms with E-state index in [1.807, 2.05) is 37.3 Å². The molecule has 1 aromatic carbocycles. The minimum absolute atomic E-state index is 0.201. The number of para-hydroxylation sites is 1. The molecule has 0 saturated heterocycles. The predicted molar refractivity (Wildman–Crippen MR) is 99.6 cm³/mol. The molecular formula is C20H21N3O3. The molecule has 1 amide bonds. The van der Waals surface area contributed by atoms with Gasteiger partial charge in [0, 0.05) is 24.3 Å². The number of nitrogens with one attached hydrogen (secondary N) is 1. The van der Waals surface area contributed by atoms with Gasteiger partial charge in [-0.1, -0.05) is 18.2 Å². The van der Waals surface area contributed by atoms with E-state index in [9.17, 15) is 4.79 Å². The molecule has 0 unspecified atom stereocenters. The lowest BCUT2D eigenvalue weighted by atomic mass is 10.2. The first-order valence-electron chi connectivity index (χ1n) is 8.62. The summed E-state index contributed by atoms with van der Waals surface area (Å²) in [6.45, 7) is 3.30. The summed E-state index contributed by atoms with van der Waals surface area (Å²) in [6, 6.07) is 13.2. The molecule has 0 aliphatic carbocycles. The Morgan fingerprint density at radius 2 is 1.85 bits per heavy atom. The fourth-order valence-electron chi connectivity index (χ4n) is 2.56. The van der Waals surface area contributed by atoms with Gasteiger partial charge in [-0.2, -0.15) is 0 Å². The molecule has 0 saturated carbocycles. The molecule has 0 spiro atoms. The van der Waals surface area contributed by atoms with E-state index in [4.69, 9.17) is 9.47 Å². The number of carbonyl (C=O) groups is 1. The number of rotatable bonds is 8. The molecule has 0 fully saturated rings. The van der Waals surface area contributed by atoms with Crippen molar-refractivity contribution < 1.29 is 14.3 Å². The van der Waals surface area contributed by atoms with Crippen LogP contribution in [0.4, 0.5) is 0 Å². The van der Waals surface area contributed by atoms with Crippen LogP contribution in [0, 0.1) is 0 Å². The average Bonchev–Trinajstić information content (AvgIpc) is 2.68. The van der Waals surface area contributed by atoms with E-state index in [-0.39, 0.29) is 5.91 Å². The van der Waals surface area contributed by atoms with Gasteiger partial charge in [-0.15, -0.1) is 0 Å². The lowest BCUT2D eigenvalue weighted by molar-refractivity contribution is 0.0947. The predicted octanol–water partition coefficient (Wildman–Crippen LogP) is 3.23. The zero-order chi connectivity index (χ0) is 18.2. The first-order chi connectivity index (χ1) is 12.8. The number of aromatic nitrogens is 2. The lowest BCUT2D eigenvalue weighted by Crippen LogP contribution is -2.26. The zero-order valence-corrected chi connectivity index (χ0v) is 14.6. The van der Waals surface area contributed by atoms with Crippen molar-refractivity contribution in [3.8, 4) is 11.6 Å². The molecule has 0 aliphatic heterocycles. The van der Waals surface area contributed by atoms with E-state index in [1.165, 1.54) is 0 Å². The molecule has 26 heavy (non-hydrogen) atoms. The Morgan fingerprint density at radius 3 is 2.73 bits per heavy atom. The molecule has 6 nitrogen and oxygen atoms in total. The van der Waals surface area contributed by atoms with Crippen LogP contribution >= 0.6 is 0 Å². The van der Waals surface area contributed by atoms with E-state index in [1.54, 1.807) is 24.5 Å². The number of fused-ring (bicyclic) bond motifs is 1. The van der Waals surface area contributed by atoms with Gasteiger partial charge in [0.25, 0.3) is 5.91 Å². The Kier molecular flexibility index (Phi) is 5.98. The highest BCUT2D eigenvalue weighted by Crippen LogP contribution is 2.22. The number of amides is 1. The monoisotopic (exact) mass is 351 g/mol. The van der Waals surface area contributed by atoms with Gasteiger partial charge in [0.2, 0.25) is 5.88 Å². The molecule has 0 atom stereocenters. The molecule has 3 aromatic rings. The summed E-state index contributed by atoms with van der Waals surface area (Å²) in [5.41, 5.74) is 1.28. The summed E-state index contributed by atoms with van der Waals surface area (Å²) >= 11 is 0. The van der Waals surface area contributed by atoms with Crippen molar-refractivity contribution in [1.29, 1.82) is 0 Å². The van der Waals surface area contributed by atoms with Gasteiger partial charge in [0.15, 0.2) is 0 Å². The number of carbonyl (C=O) groups excluding carboxylic acids is 1. The van der Waals surface area contributed by atoms with Crippen molar-refractivity contribution in [2.24, 2.45) is 0 Å². The molecule has 0 radical (unpaired) electrons. The smallest absolute Gasteiger partial charge is 0.256 e. The third-order valence-corrected chi connectivity index (χ3v) is 3.76. The van der Waals surface area contributed by atoms with Crippen LogP contribution in [0.15, 0.2) is 54.9 Å². The highest BCUT2D eigenvalue weighted by atomic mass is 16.5. The van der Waals surface area contributed by atoms with Crippen molar-refractivity contribution in [2.75, 3.05) is 19.8 Å². The zero-order valence-electron chi connectivity index (χ0n) is 14.6. The fourth-order valence-corrected chi connectivity index (χ4v) is 2.56. The summed E-state index contributed by atoms with van der Waals surface area (Å²) in [4.78, 5) is 20.7. The van der Waals surface area contributed by atoms with Crippen molar-refractivity contribution >= 4 is 16.8 Å². The molecule has 3 rings (SSSR count). The molecule has 2 aromatic heterocycles. The maximum atomic E-state index is 12.3. The minimum Gasteiger partial charge on any atom is -0.491 e. The fraction of sp³-hybridized carbons (Fsp3) is 0.250. The first-order valence-corrected chi connectivity index (χ1v) is 8.62. The topological polar surface area (TPSA) is 73.3 Å². The molecule has 2 heterocycles. The normalized spacial score (nSPS) is 10.5. The molecular weight excluding hydrogens is 330 g/mol. The second-order valence-corrected chi connectivity index (χ2v) is 5.58. The van der Waals surface area contributed by atoms with Gasteiger partial charge in [-0.05, 0) is 37.6 Å². The molecule has 0 aliphatic rings. The Balaban J connectivity index is 1.49. The largest absolute Gasteiger partial charge is 0.491 e. The van der Waals surface area contributed by atoms with Crippen molar-refractivity contribution in [1.82, 2.24) is 15.3 Å². The van der Waals surface area contributed by atoms with Crippen molar-refractivity contribution in [2.45, 2.75) is 13.3 Å². The molecule has 0 bridgehead atoms. The number of benzene rings is 1. The van der Waals surface area contributed by atoms with Crippen LogP contribution in [-0.2, 0) is 0 Å². The van der Waals surface area contributed by atoms with Crippen LogP contribution in [0.5, 0.6) is 11.6 Å². The second-order valence-electron chi connectivity index (χ2n) is 5.58. The number of hydrogen-bond donors (Lipinski definition) is 1. The van der Waals surface area contributed by atoms with Gasteiger partial charge < -0.3 is 14.8 Å². The average molecular weight is 351 g/mol. The van der Waals surface area contributed by atoms with Gasteiger partial charge in [0.05, 0.1) is 13.2 Å². The quantitative estimate of drug-likeness (QED) is 0.631. The van der Waals surface area contributed by atoms with Crippen LogP contribution in [0.25, 0.3) is 10.9 Å². The van der Waals surface area contributed by atoms with Crippen LogP contribution < -0.4 is 14.8 Å². The van der Waals surface area contributed by atoms with Crippen LogP contribution in [0.1, 0.15) is 23.7 Å². The summed E-state index contributed by atoms with van der Waals surface area (Å²) in [7, 11) is 0. The maximum Gasteiger partial charge on any atom is 0.256 e. The summed E-state index contributed by atoms with van der Waals surface area (Å²) in [5.74, 6) is 0.902. The van der Waals surface area contributed by atoms with E-state index in [2.05, 4.69) is 15.3 Å². The molecule has 1 N–H and O–H groups in total. The second kappa shape index (κ2) is 8.80. The number of ether oxygens (including phenoxy) is 2. The number of nitrogens with zero attached hydrogens (tertiary/aromatic N) is 2. The maximum absolute atomic E-state index is 12.3. The standard InChI is InChI=1S/C20H21N3O3/c1-2-25-20-16(9-5-12-23-20)19(24)22-13-6-14-26-17-10-3-7-15-8-4-11-21-18(15)17/h3-5,7-12H,2,6,13-14H2,1H3,(H,22,24). The van der Waals surface area contributed by atoms with Gasteiger partial charge >= 0.3 is 0 Å². The third kappa shape index (κ3) is 4.27. The van der Waals surface area contributed by atoms with E-state index < -0.39 is 0 Å². The van der Waals surface area contributed by atoms with E-state index in [0.29, 0.717) is 37.6 Å². The lowest BCUT2D eigenvalue weighted by Gasteiger charge is -2.10. The Hall–Kier alpha value is -3.15. The first kappa shape index (κ1) is 17.7. The Morgan fingerprint density at radius 1 is 1.04 bits per heavy atom. The molecule has 134 valence electrons. The van der Waals surface area contributed by atoms with Gasteiger partial charge in [-0.3, -0.25) is 9.78 Å². The van der Waals surface area contributed by atoms with E-state index in [0.717, 1.165) is 16.7 Å². The number of hydrogen-bond acceptors (Lipinski definition) is 5. The van der Waals surface area contributed by atoms with Crippen LogP contribution in [0.3, 0.4) is 0 Å². The Bertz CT molecular complexity index is 878. The summed E-state index contributed by atoms with van der Waals surface area (Å²) in [5, 5.41) is 3.91. The van der Waals surface area contributed by atoms with Crippen LogP contribution in [-0.4, -0.2) is 35.6 Å². The highest BCUT2D eigenvalue weighted by molar-refractivity contribution is 5.96. The highest BCUT2D eigenvalue weighted by Gasteiger charge is 2.12. The van der Waals surface area contributed by atoms with E-state index >= 15 is 0 Å². The molecule has 6 heteroatoms. The van der Waals surface area contributed by atoms with Gasteiger partial charge in [-0.25, -0.2) is 4.98 Å². The summed E-state index contributed by atoms with van der Waals surface area (Å²) < 4.78 is 11.2. The van der Waals surface area contributed by atoms with Crippen LogP contribution in [0.2, 0.25) is 0 Å². The minimum atomic E-state index is -0.201. The van der Waals surface area contributed by atoms with Gasteiger partial charge in [0.1, 0.15) is 16.8 Å².